The van der Waals surface area contributed by atoms with Gasteiger partial charge >= 0.3 is 0 Å². The average Bonchev–Trinajstić information content (AvgIpc) is 3.08. The maximum absolute atomic E-state index is 3.35. The minimum Gasteiger partial charge on any atom is -0.748 e. The van der Waals surface area contributed by atoms with Crippen molar-refractivity contribution in [1.82, 2.24) is 10.6 Å². The molecule has 0 aliphatic rings. The van der Waals surface area contributed by atoms with E-state index in [-0.39, 0.29) is 17.1 Å². The molecule has 0 aromatic heterocycles. The standard InChI is InChI=1S/2C9H14N.Fe/c2*1-8(2)10-7-9-5-3-4-6-9;/h2*3-6,8,10H,7H2,1-2H3;/q-5;-1;. The Bertz CT molecular complexity index is 374. The fourth-order valence-corrected chi connectivity index (χ4v) is 1.71. The van der Waals surface area contributed by atoms with Gasteiger partial charge in [0.1, 0.15) is 0 Å². The number of hydrogen-bond acceptors (Lipinski definition) is 2. The van der Waals surface area contributed by atoms with E-state index in [9.17, 15) is 0 Å². The van der Waals surface area contributed by atoms with E-state index in [4.69, 9.17) is 0 Å². The maximum Gasteiger partial charge on any atom is 0.000272 e. The molecule has 0 fully saturated rings. The first-order valence-corrected chi connectivity index (χ1v) is 7.46. The minimum absolute atomic E-state index is 0. The van der Waals surface area contributed by atoms with Gasteiger partial charge in [-0.05, 0) is 12.6 Å². The molecule has 2 aromatic carbocycles. The predicted octanol–water partition coefficient (Wildman–Crippen LogP) is 3.80. The molecule has 21 heavy (non-hydrogen) atoms. The Morgan fingerprint density at radius 2 is 1.33 bits per heavy atom. The van der Waals surface area contributed by atoms with Gasteiger partial charge in [0.2, 0.25) is 0 Å². The van der Waals surface area contributed by atoms with Crippen LogP contribution in [0, 0.1) is 0 Å². The fourth-order valence-electron chi connectivity index (χ4n) is 1.71. The molecule has 2 aromatic rings. The van der Waals surface area contributed by atoms with E-state index in [1.54, 1.807) is 0 Å². The Hall–Kier alpha value is -0.861. The van der Waals surface area contributed by atoms with Crippen LogP contribution < -0.4 is 10.6 Å². The van der Waals surface area contributed by atoms with Crippen LogP contribution in [0.15, 0.2) is 48.5 Å². The quantitative estimate of drug-likeness (QED) is 0.622. The molecule has 124 valence electrons. The van der Waals surface area contributed by atoms with E-state index in [0.717, 1.165) is 13.1 Å². The summed E-state index contributed by atoms with van der Waals surface area (Å²) in [4.78, 5) is 0. The predicted molar refractivity (Wildman–Crippen MR) is 88.0 cm³/mol. The van der Waals surface area contributed by atoms with Crippen LogP contribution in [0.1, 0.15) is 38.8 Å². The van der Waals surface area contributed by atoms with Crippen LogP contribution in [0.25, 0.3) is 0 Å². The van der Waals surface area contributed by atoms with Crippen molar-refractivity contribution in [2.24, 2.45) is 0 Å². The Kier molecular flexibility index (Phi) is 11.3. The topological polar surface area (TPSA) is 24.1 Å². The Morgan fingerprint density at radius 1 is 0.857 bits per heavy atom. The van der Waals surface area contributed by atoms with Crippen LogP contribution in [0.2, 0.25) is 0 Å². The SMILES string of the molecule is CC(C)NC[c-]1[cH-][cH-][cH-][cH-]1.CC(C)NC[c-]1cccc1.[Fe]. The number of rotatable bonds is 6. The summed E-state index contributed by atoms with van der Waals surface area (Å²) >= 11 is 0. The molecule has 0 radical (unpaired) electrons. The van der Waals surface area contributed by atoms with Crippen molar-refractivity contribution in [1.29, 1.82) is 0 Å². The average molecular weight is 328 g/mol. The molecule has 2 N–H and O–H groups in total. The summed E-state index contributed by atoms with van der Waals surface area (Å²) < 4.78 is 0. The van der Waals surface area contributed by atoms with E-state index in [2.05, 4.69) is 86.9 Å². The number of nitrogens with one attached hydrogen (secondary N) is 2. The summed E-state index contributed by atoms with van der Waals surface area (Å²) in [6, 6.07) is 18.0. The molecule has 0 spiro atoms. The first-order valence-electron chi connectivity index (χ1n) is 7.46. The van der Waals surface area contributed by atoms with Crippen molar-refractivity contribution in [2.45, 2.75) is 52.9 Å². The summed E-state index contributed by atoms with van der Waals surface area (Å²) in [6.45, 7) is 10.6. The van der Waals surface area contributed by atoms with Gasteiger partial charge in [0.05, 0.1) is 0 Å². The van der Waals surface area contributed by atoms with Gasteiger partial charge < -0.3 is 40.5 Å². The van der Waals surface area contributed by atoms with Gasteiger partial charge in [0.15, 0.2) is 0 Å². The summed E-state index contributed by atoms with van der Waals surface area (Å²) in [7, 11) is 0. The second-order valence-corrected chi connectivity index (χ2v) is 5.66. The molecular weight excluding hydrogens is 300 g/mol. The Labute approximate surface area is 140 Å². The second kappa shape index (κ2) is 11.8. The smallest absolute Gasteiger partial charge is 0.000272 e. The fraction of sp³-hybridized carbons (Fsp3) is 0.444. The third-order valence-corrected chi connectivity index (χ3v) is 2.89. The van der Waals surface area contributed by atoms with Crippen LogP contribution in [-0.4, -0.2) is 12.1 Å². The van der Waals surface area contributed by atoms with E-state index in [0.29, 0.717) is 12.1 Å². The first kappa shape index (κ1) is 20.1. The van der Waals surface area contributed by atoms with Crippen molar-refractivity contribution in [3.63, 3.8) is 0 Å². The molecule has 0 heterocycles. The van der Waals surface area contributed by atoms with Crippen molar-refractivity contribution in [3.8, 4) is 0 Å². The molecule has 0 unspecified atom stereocenters. The molecular formula is C18H28FeN2-6. The van der Waals surface area contributed by atoms with Gasteiger partial charge in [0, 0.05) is 23.1 Å². The molecule has 0 saturated heterocycles. The minimum atomic E-state index is 0. The van der Waals surface area contributed by atoms with Crippen LogP contribution in [0.4, 0.5) is 0 Å². The molecule has 0 amide bonds. The summed E-state index contributed by atoms with van der Waals surface area (Å²) in [5, 5.41) is 6.70. The summed E-state index contributed by atoms with van der Waals surface area (Å²) in [5.74, 6) is 0. The molecule has 0 atom stereocenters. The van der Waals surface area contributed by atoms with Crippen LogP contribution in [0.3, 0.4) is 0 Å². The Balaban J connectivity index is 0.000000364. The third kappa shape index (κ3) is 10.5. The largest absolute Gasteiger partial charge is 0.748 e. The van der Waals surface area contributed by atoms with Gasteiger partial charge in [-0.3, -0.25) is 0 Å². The van der Waals surface area contributed by atoms with Gasteiger partial charge in [-0.2, -0.15) is 18.7 Å². The zero-order valence-corrected chi connectivity index (χ0v) is 14.6. The summed E-state index contributed by atoms with van der Waals surface area (Å²) in [5.41, 5.74) is 2.74. The summed E-state index contributed by atoms with van der Waals surface area (Å²) in [6.07, 6.45) is 0. The van der Waals surface area contributed by atoms with Crippen molar-refractivity contribution in [2.75, 3.05) is 0 Å². The number of hydrogen-bond donors (Lipinski definition) is 2. The Morgan fingerprint density at radius 3 is 1.81 bits per heavy atom. The monoisotopic (exact) mass is 328 g/mol. The van der Waals surface area contributed by atoms with Crippen molar-refractivity contribution in [3.05, 3.63) is 59.7 Å². The first-order chi connectivity index (χ1) is 9.58. The van der Waals surface area contributed by atoms with Crippen molar-refractivity contribution < 1.29 is 17.1 Å². The molecule has 0 bridgehead atoms. The normalized spacial score (nSPS) is 10.2. The van der Waals surface area contributed by atoms with Gasteiger partial charge in [-0.25, -0.2) is 12.1 Å². The molecule has 0 aliphatic heterocycles. The molecule has 0 saturated carbocycles. The van der Waals surface area contributed by atoms with Crippen LogP contribution in [-0.2, 0) is 30.2 Å². The third-order valence-electron chi connectivity index (χ3n) is 2.89. The van der Waals surface area contributed by atoms with Crippen LogP contribution in [0.5, 0.6) is 0 Å². The van der Waals surface area contributed by atoms with E-state index in [1.807, 2.05) is 0 Å². The van der Waals surface area contributed by atoms with Gasteiger partial charge in [-0.1, -0.05) is 27.7 Å². The molecule has 3 heteroatoms. The zero-order valence-electron chi connectivity index (χ0n) is 13.5. The second-order valence-electron chi connectivity index (χ2n) is 5.66. The van der Waals surface area contributed by atoms with Gasteiger partial charge in [0.25, 0.3) is 0 Å². The van der Waals surface area contributed by atoms with E-state index >= 15 is 0 Å². The molecule has 0 aliphatic carbocycles. The molecule has 2 rings (SSSR count). The molecule has 2 nitrogen and oxygen atoms in total. The van der Waals surface area contributed by atoms with Crippen LogP contribution >= 0.6 is 0 Å². The van der Waals surface area contributed by atoms with E-state index in [1.165, 1.54) is 11.1 Å². The zero-order chi connectivity index (χ0) is 14.8. The van der Waals surface area contributed by atoms with E-state index < -0.39 is 0 Å². The van der Waals surface area contributed by atoms with Gasteiger partial charge in [-0.15, -0.1) is 5.56 Å². The van der Waals surface area contributed by atoms with Crippen molar-refractivity contribution >= 4 is 0 Å². The maximum atomic E-state index is 3.35.